The van der Waals surface area contributed by atoms with Gasteiger partial charge in [0, 0.05) is 31.5 Å². The summed E-state index contributed by atoms with van der Waals surface area (Å²) in [6.45, 7) is 6.45. The molecular formula is C19H22ClN5O2S. The van der Waals surface area contributed by atoms with Crippen LogP contribution in [0.25, 0.3) is 11.0 Å². The first-order valence-corrected chi connectivity index (χ1v) is 10.4. The Kier molecular flexibility index (Phi) is 6.20. The van der Waals surface area contributed by atoms with Crippen LogP contribution in [0.2, 0.25) is 5.15 Å². The summed E-state index contributed by atoms with van der Waals surface area (Å²) < 4.78 is 2.70. The lowest BCUT2D eigenvalue weighted by atomic mass is 10.2. The van der Waals surface area contributed by atoms with Crippen molar-refractivity contribution in [2.24, 2.45) is 7.05 Å². The Morgan fingerprint density at radius 1 is 1.21 bits per heavy atom. The molecule has 0 aliphatic heterocycles. The highest BCUT2D eigenvalue weighted by Crippen LogP contribution is 2.27. The van der Waals surface area contributed by atoms with Crippen molar-refractivity contribution in [2.45, 2.75) is 50.4 Å². The zero-order chi connectivity index (χ0) is 20.4. The molecule has 0 atom stereocenters. The van der Waals surface area contributed by atoms with E-state index in [-0.39, 0.29) is 17.2 Å². The first kappa shape index (κ1) is 20.5. The summed E-state index contributed by atoms with van der Waals surface area (Å²) in [5.74, 6) is 1.25. The van der Waals surface area contributed by atoms with Gasteiger partial charge in [-0.05, 0) is 18.1 Å². The van der Waals surface area contributed by atoms with Crippen LogP contribution in [0.15, 0.2) is 32.9 Å². The molecule has 0 aliphatic carbocycles. The van der Waals surface area contributed by atoms with Gasteiger partial charge in [0.1, 0.15) is 21.4 Å². The van der Waals surface area contributed by atoms with E-state index in [2.05, 4.69) is 15.0 Å². The smallest absolute Gasteiger partial charge is 0.277 e. The van der Waals surface area contributed by atoms with E-state index >= 15 is 0 Å². The molecule has 148 valence electrons. The molecule has 0 saturated carbocycles. The fourth-order valence-corrected chi connectivity index (χ4v) is 3.85. The summed E-state index contributed by atoms with van der Waals surface area (Å²) in [4.78, 5) is 38.8. The second kappa shape index (κ2) is 8.45. The zero-order valence-corrected chi connectivity index (χ0v) is 17.8. The minimum absolute atomic E-state index is 0.0650. The van der Waals surface area contributed by atoms with Gasteiger partial charge < -0.3 is 0 Å². The van der Waals surface area contributed by atoms with Gasteiger partial charge in [0.25, 0.3) is 5.56 Å². The number of hydrogen-bond donors (Lipinski definition) is 0. The lowest BCUT2D eigenvalue weighted by Gasteiger charge is -2.15. The highest BCUT2D eigenvalue weighted by atomic mass is 35.5. The van der Waals surface area contributed by atoms with Gasteiger partial charge in [-0.15, -0.1) is 11.8 Å². The molecule has 0 radical (unpaired) electrons. The van der Waals surface area contributed by atoms with E-state index < -0.39 is 0 Å². The van der Waals surface area contributed by atoms with Crippen molar-refractivity contribution < 1.29 is 0 Å². The van der Waals surface area contributed by atoms with E-state index in [4.69, 9.17) is 11.6 Å². The summed E-state index contributed by atoms with van der Waals surface area (Å²) >= 11 is 7.28. The monoisotopic (exact) mass is 419 g/mol. The molecule has 3 aromatic rings. The second-order valence-electron chi connectivity index (χ2n) is 6.82. The SMILES string of the molecule is CCCn1c(=O)n(C)c(=O)c2c(SCc3ccc(Cl)nc3)nc(C(C)C)nc21. The Morgan fingerprint density at radius 2 is 1.96 bits per heavy atom. The molecule has 0 saturated heterocycles. The molecule has 0 bridgehead atoms. The molecule has 7 nitrogen and oxygen atoms in total. The number of hydrogen-bond acceptors (Lipinski definition) is 6. The number of nitrogens with zero attached hydrogens (tertiary/aromatic N) is 5. The molecule has 28 heavy (non-hydrogen) atoms. The van der Waals surface area contributed by atoms with Crippen LogP contribution in [0.1, 0.15) is 44.5 Å². The van der Waals surface area contributed by atoms with E-state index in [1.165, 1.54) is 18.8 Å². The number of thioether (sulfide) groups is 1. The van der Waals surface area contributed by atoms with Crippen LogP contribution in [0.3, 0.4) is 0 Å². The molecule has 3 aromatic heterocycles. The van der Waals surface area contributed by atoms with Gasteiger partial charge in [-0.3, -0.25) is 13.9 Å². The average Bonchev–Trinajstić information content (AvgIpc) is 2.68. The summed E-state index contributed by atoms with van der Waals surface area (Å²) in [6.07, 6.45) is 2.46. The normalized spacial score (nSPS) is 11.5. The topological polar surface area (TPSA) is 82.7 Å². The Bertz CT molecular complexity index is 1120. The Morgan fingerprint density at radius 3 is 2.57 bits per heavy atom. The number of fused-ring (bicyclic) bond motifs is 1. The van der Waals surface area contributed by atoms with Crippen molar-refractivity contribution in [1.29, 1.82) is 0 Å². The predicted octanol–water partition coefficient (Wildman–Crippen LogP) is 3.36. The summed E-state index contributed by atoms with van der Waals surface area (Å²) in [6, 6.07) is 3.62. The van der Waals surface area contributed by atoms with Crippen molar-refractivity contribution in [3.05, 3.63) is 55.7 Å². The fraction of sp³-hybridized carbons (Fsp3) is 0.421. The van der Waals surface area contributed by atoms with Crippen molar-refractivity contribution in [1.82, 2.24) is 24.1 Å². The maximum absolute atomic E-state index is 12.9. The number of halogens is 1. The second-order valence-corrected chi connectivity index (χ2v) is 8.17. The minimum atomic E-state index is -0.376. The van der Waals surface area contributed by atoms with Gasteiger partial charge in [-0.1, -0.05) is 38.4 Å². The highest BCUT2D eigenvalue weighted by Gasteiger charge is 2.19. The van der Waals surface area contributed by atoms with E-state index in [9.17, 15) is 9.59 Å². The van der Waals surface area contributed by atoms with Crippen LogP contribution in [0.4, 0.5) is 0 Å². The number of aryl methyl sites for hydroxylation is 1. The maximum Gasteiger partial charge on any atom is 0.332 e. The van der Waals surface area contributed by atoms with Crippen LogP contribution in [0, 0.1) is 0 Å². The third-order valence-corrected chi connectivity index (χ3v) is 5.56. The molecule has 0 amide bonds. The molecule has 3 heterocycles. The molecule has 9 heteroatoms. The standard InChI is InChI=1S/C19H22ClN5O2S/c1-5-8-25-16-14(18(26)24(4)19(25)27)17(23-15(22-16)11(2)3)28-10-12-6-7-13(20)21-9-12/h6-7,9,11H,5,8,10H2,1-4H3. The number of pyridine rings is 1. The number of aromatic nitrogens is 5. The third-order valence-electron chi connectivity index (χ3n) is 4.29. The van der Waals surface area contributed by atoms with E-state index in [0.717, 1.165) is 16.6 Å². The van der Waals surface area contributed by atoms with E-state index in [1.807, 2.05) is 26.8 Å². The van der Waals surface area contributed by atoms with Crippen LogP contribution in [-0.4, -0.2) is 24.1 Å². The van der Waals surface area contributed by atoms with Crippen LogP contribution >= 0.6 is 23.4 Å². The van der Waals surface area contributed by atoms with Gasteiger partial charge >= 0.3 is 5.69 Å². The fourth-order valence-electron chi connectivity index (χ4n) is 2.78. The molecule has 3 rings (SSSR count). The van der Waals surface area contributed by atoms with E-state index in [1.54, 1.807) is 16.8 Å². The molecule has 0 aromatic carbocycles. The van der Waals surface area contributed by atoms with Crippen LogP contribution < -0.4 is 11.2 Å². The van der Waals surface area contributed by atoms with Crippen LogP contribution in [0.5, 0.6) is 0 Å². The molecule has 0 fully saturated rings. The largest absolute Gasteiger partial charge is 0.332 e. The molecule has 0 aliphatic rings. The Labute approximate surface area is 171 Å². The van der Waals surface area contributed by atoms with Gasteiger partial charge in [0.05, 0.1) is 0 Å². The lowest BCUT2D eigenvalue weighted by molar-refractivity contribution is 0.603. The van der Waals surface area contributed by atoms with Gasteiger partial charge in [0.15, 0.2) is 5.65 Å². The first-order valence-electron chi connectivity index (χ1n) is 9.08. The summed E-state index contributed by atoms with van der Waals surface area (Å²) in [5.41, 5.74) is 0.640. The van der Waals surface area contributed by atoms with Crippen molar-refractivity contribution in [2.75, 3.05) is 0 Å². The molecule has 0 spiro atoms. The van der Waals surface area contributed by atoms with E-state index in [0.29, 0.717) is 39.3 Å². The molecule has 0 N–H and O–H groups in total. The lowest BCUT2D eigenvalue weighted by Crippen LogP contribution is -2.39. The van der Waals surface area contributed by atoms with Gasteiger partial charge in [-0.2, -0.15) is 0 Å². The first-order chi connectivity index (χ1) is 13.3. The third kappa shape index (κ3) is 3.98. The minimum Gasteiger partial charge on any atom is -0.277 e. The predicted molar refractivity (Wildman–Crippen MR) is 112 cm³/mol. The van der Waals surface area contributed by atoms with Crippen molar-refractivity contribution in [3.8, 4) is 0 Å². The Balaban J connectivity index is 2.20. The van der Waals surface area contributed by atoms with Crippen molar-refractivity contribution >= 4 is 34.4 Å². The Hall–Kier alpha value is -2.19. The van der Waals surface area contributed by atoms with Crippen molar-refractivity contribution in [3.63, 3.8) is 0 Å². The van der Waals surface area contributed by atoms with Gasteiger partial charge in [0.2, 0.25) is 0 Å². The molecular weight excluding hydrogens is 398 g/mol. The summed E-state index contributed by atoms with van der Waals surface area (Å²) in [7, 11) is 1.49. The maximum atomic E-state index is 12.9. The molecule has 0 unspecified atom stereocenters. The summed E-state index contributed by atoms with van der Waals surface area (Å²) in [5, 5.41) is 1.39. The quantitative estimate of drug-likeness (QED) is 0.346. The number of rotatable bonds is 6. The highest BCUT2D eigenvalue weighted by molar-refractivity contribution is 7.98. The van der Waals surface area contributed by atoms with Crippen LogP contribution in [-0.2, 0) is 19.3 Å². The zero-order valence-electron chi connectivity index (χ0n) is 16.3. The van der Waals surface area contributed by atoms with Gasteiger partial charge in [-0.25, -0.2) is 19.7 Å². The average molecular weight is 420 g/mol.